The normalized spacial score (nSPS) is 10.5. The van der Waals surface area contributed by atoms with E-state index in [1.54, 1.807) is 28.4 Å². The molecule has 6 aromatic rings. The van der Waals surface area contributed by atoms with Crippen molar-refractivity contribution in [2.45, 2.75) is 32.8 Å². The van der Waals surface area contributed by atoms with Gasteiger partial charge in [-0.3, -0.25) is 0 Å². The molecule has 51 heavy (non-hydrogen) atoms. The molecule has 0 heterocycles. The predicted molar refractivity (Wildman–Crippen MR) is 211 cm³/mol. The molecule has 0 radical (unpaired) electrons. The number of ether oxygens (including phenoxy) is 4. The molecule has 0 bridgehead atoms. The first-order chi connectivity index (χ1) is 23.4. The first-order valence-electron chi connectivity index (χ1n) is 15.8. The Morgan fingerprint density at radius 1 is 0.373 bits per heavy atom. The van der Waals surface area contributed by atoms with E-state index in [2.05, 4.69) is 55.5 Å². The maximum absolute atomic E-state index is 11.7. The Morgan fingerprint density at radius 3 is 0.863 bits per heavy atom. The summed E-state index contributed by atoms with van der Waals surface area (Å²) < 4.78 is 21.1. The number of rotatable bonds is 10. The van der Waals surface area contributed by atoms with Gasteiger partial charge in [0.15, 0.2) is 0 Å². The van der Waals surface area contributed by atoms with Crippen LogP contribution in [0.4, 0.5) is 0 Å². The summed E-state index contributed by atoms with van der Waals surface area (Å²) in [6.07, 6.45) is 0. The van der Waals surface area contributed by atoms with Crippen LogP contribution in [0.2, 0.25) is 0 Å². The molecule has 0 atom stereocenters. The summed E-state index contributed by atoms with van der Waals surface area (Å²) in [5.41, 5.74) is 4.55. The topological polar surface area (TPSA) is 88.7 Å². The second-order valence-corrected chi connectivity index (χ2v) is 11.5. The van der Waals surface area contributed by atoms with Crippen molar-refractivity contribution in [3.05, 3.63) is 191 Å². The lowest BCUT2D eigenvalue weighted by atomic mass is 9.71. The summed E-state index contributed by atoms with van der Waals surface area (Å²) in [6.45, 7) is 2.26. The van der Waals surface area contributed by atoms with Crippen LogP contribution in [0, 0.1) is 0 Å². The van der Waals surface area contributed by atoms with Gasteiger partial charge in [0, 0.05) is 5.41 Å². The van der Waals surface area contributed by atoms with Crippen LogP contribution in [0.15, 0.2) is 158 Å². The van der Waals surface area contributed by atoms with Crippen LogP contribution >= 0.6 is 0 Å². The predicted octanol–water partition coefficient (Wildman–Crippen LogP) is 9.61. The van der Waals surface area contributed by atoms with Crippen LogP contribution in [0.1, 0.15) is 56.6 Å². The molecular weight excluding hydrogens is 636 g/mol. The molecule has 0 spiro atoms. The zero-order valence-electron chi connectivity index (χ0n) is 29.6. The van der Waals surface area contributed by atoms with Crippen molar-refractivity contribution in [1.29, 1.82) is 0 Å². The molecule has 0 aliphatic heterocycles. The Morgan fingerprint density at radius 2 is 0.588 bits per heavy atom. The minimum Gasteiger partial charge on any atom is -0.497 e. The highest BCUT2D eigenvalue weighted by atomic mass is 16.5. The average Bonchev–Trinajstić information content (AvgIpc) is 3.18. The van der Waals surface area contributed by atoms with Crippen LogP contribution in [-0.4, -0.2) is 39.0 Å². The van der Waals surface area contributed by atoms with Crippen molar-refractivity contribution in [2.24, 2.45) is 0 Å². The third-order valence-electron chi connectivity index (χ3n) is 8.89. The average molecular weight is 690 g/mol. The molecular formula is C45H53O6+. The van der Waals surface area contributed by atoms with Gasteiger partial charge in [0.25, 0.3) is 0 Å². The molecule has 0 aliphatic rings. The Hall–Kier alpha value is -5.56. The number of benzene rings is 6. The van der Waals surface area contributed by atoms with Crippen LogP contribution < -0.4 is 18.9 Å². The molecule has 0 aliphatic carbocycles. The highest BCUT2D eigenvalue weighted by molar-refractivity contribution is 5.52. The molecule has 6 aromatic carbocycles. The van der Waals surface area contributed by atoms with E-state index in [0.29, 0.717) is 0 Å². The molecule has 6 heteroatoms. The molecule has 6 rings (SSSR count). The first-order valence-corrected chi connectivity index (χ1v) is 15.8. The van der Waals surface area contributed by atoms with Crippen LogP contribution in [-0.2, 0) is 11.0 Å². The third kappa shape index (κ3) is 8.97. The molecule has 0 fully saturated rings. The largest absolute Gasteiger partial charge is 1.00 e. The number of aliphatic hydroxyl groups is 1. The Kier molecular flexibility index (Phi) is 15.5. The number of hydrogen-bond donors (Lipinski definition) is 1. The number of hydrogen-bond acceptors (Lipinski definition) is 5. The van der Waals surface area contributed by atoms with Crippen molar-refractivity contribution in [3.8, 4) is 23.0 Å². The smallest absolute Gasteiger partial charge is 0.497 e. The summed E-state index contributed by atoms with van der Waals surface area (Å²) in [5, 5.41) is 11.7. The van der Waals surface area contributed by atoms with Gasteiger partial charge in [-0.05, 0) is 88.8 Å². The van der Waals surface area contributed by atoms with Gasteiger partial charge >= 0.3 is 1.43 Å². The Labute approximate surface area is 305 Å². The van der Waals surface area contributed by atoms with Crippen molar-refractivity contribution in [2.75, 3.05) is 28.4 Å². The van der Waals surface area contributed by atoms with Crippen molar-refractivity contribution >= 4 is 0 Å². The van der Waals surface area contributed by atoms with Gasteiger partial charge in [-0.2, -0.15) is 0 Å². The zero-order valence-corrected chi connectivity index (χ0v) is 28.6. The van der Waals surface area contributed by atoms with Crippen molar-refractivity contribution < 1.29 is 31.0 Å². The standard InChI is InChI=1S/C22H22O2.C21H20O3.2CH4.H2O/c1-22(17-7-5-4-6-8-17,18-9-13-20(23-2)14-10-18)19-11-15-21(24-3)16-12-19;1-23-19-12-8-17(9-13-19)21(22,16-6-4-3-5-7-16)18-10-14-20(24-2)15-11-18;;;/h4-16H,1-3H3;3-15,22H,1-2H3;2*1H4;1H2/p+1. The molecule has 0 aromatic heterocycles. The molecule has 3 N–H and O–H groups in total. The summed E-state index contributed by atoms with van der Waals surface area (Å²) in [7, 11) is 6.63. The second kappa shape index (κ2) is 19.0. The first kappa shape index (κ1) is 41.6. The van der Waals surface area contributed by atoms with Crippen LogP contribution in [0.3, 0.4) is 0 Å². The van der Waals surface area contributed by atoms with E-state index >= 15 is 0 Å². The van der Waals surface area contributed by atoms with Gasteiger partial charge in [-0.25, -0.2) is 0 Å². The fraction of sp³-hybridized carbons (Fsp3) is 0.200. The lowest BCUT2D eigenvalue weighted by molar-refractivity contribution is 0.125. The minimum absolute atomic E-state index is 0. The Bertz CT molecular complexity index is 1610. The molecule has 0 unspecified atom stereocenters. The highest BCUT2D eigenvalue weighted by Crippen LogP contribution is 2.40. The summed E-state index contributed by atoms with van der Waals surface area (Å²) in [6, 6.07) is 51.8. The third-order valence-corrected chi connectivity index (χ3v) is 8.89. The lowest BCUT2D eigenvalue weighted by Gasteiger charge is -2.32. The fourth-order valence-electron chi connectivity index (χ4n) is 5.96. The monoisotopic (exact) mass is 689 g/mol. The molecule has 268 valence electrons. The summed E-state index contributed by atoms with van der Waals surface area (Å²) >= 11 is 0. The molecule has 0 saturated heterocycles. The van der Waals surface area contributed by atoms with Crippen molar-refractivity contribution in [1.82, 2.24) is 0 Å². The van der Waals surface area contributed by atoms with Gasteiger partial charge in [0.05, 0.1) is 28.4 Å². The van der Waals surface area contributed by atoms with Gasteiger partial charge in [-0.15, -0.1) is 0 Å². The van der Waals surface area contributed by atoms with Gasteiger partial charge in [-0.1, -0.05) is 124 Å². The van der Waals surface area contributed by atoms with Crippen molar-refractivity contribution in [3.63, 3.8) is 0 Å². The minimum atomic E-state index is -1.25. The summed E-state index contributed by atoms with van der Waals surface area (Å²) in [4.78, 5) is 0. The van der Waals surface area contributed by atoms with E-state index in [9.17, 15) is 5.11 Å². The maximum Gasteiger partial charge on any atom is 1.00 e. The number of methoxy groups -OCH3 is 4. The van der Waals surface area contributed by atoms with Crippen LogP contribution in [0.5, 0.6) is 23.0 Å². The highest BCUT2D eigenvalue weighted by Gasteiger charge is 2.34. The lowest BCUT2D eigenvalue weighted by Crippen LogP contribution is -2.28. The molecule has 0 amide bonds. The van der Waals surface area contributed by atoms with Gasteiger partial charge < -0.3 is 29.5 Å². The molecule has 6 nitrogen and oxygen atoms in total. The SMILES string of the molecule is C.C.COc1ccc(C(C)(c2ccccc2)c2ccc(OC)cc2)cc1.COc1ccc(C(O)(c2ccccc2)c2ccc(OC)cc2)cc1.O.[H+]. The molecule has 0 saturated carbocycles. The zero-order chi connectivity index (χ0) is 34.0. The maximum atomic E-state index is 11.7. The Balaban J connectivity index is 0.000000483. The quantitative estimate of drug-likeness (QED) is 0.145. The summed E-state index contributed by atoms with van der Waals surface area (Å²) in [5.74, 6) is 3.24. The van der Waals surface area contributed by atoms with Crippen LogP contribution in [0.25, 0.3) is 0 Å². The van der Waals surface area contributed by atoms with E-state index in [1.165, 1.54) is 16.7 Å². The van der Waals surface area contributed by atoms with E-state index < -0.39 is 5.60 Å². The fourth-order valence-corrected chi connectivity index (χ4v) is 5.96. The van der Waals surface area contributed by atoms with E-state index in [0.717, 1.165) is 39.7 Å². The van der Waals surface area contributed by atoms with E-state index in [4.69, 9.17) is 18.9 Å². The van der Waals surface area contributed by atoms with E-state index in [-0.39, 0.29) is 27.2 Å². The van der Waals surface area contributed by atoms with Gasteiger partial charge in [0.1, 0.15) is 28.6 Å². The van der Waals surface area contributed by atoms with Gasteiger partial charge in [0.2, 0.25) is 0 Å². The van der Waals surface area contributed by atoms with E-state index in [1.807, 2.05) is 109 Å². The second-order valence-electron chi connectivity index (χ2n) is 11.5.